The van der Waals surface area contributed by atoms with E-state index in [1.807, 2.05) is 0 Å². The van der Waals surface area contributed by atoms with Gasteiger partial charge in [-0.1, -0.05) is 17.7 Å². The number of ketones is 1. The molecule has 16 heteroatoms. The van der Waals surface area contributed by atoms with Crippen molar-refractivity contribution in [2.75, 3.05) is 12.4 Å². The van der Waals surface area contributed by atoms with Crippen LogP contribution in [0.3, 0.4) is 0 Å². The third kappa shape index (κ3) is 7.74. The van der Waals surface area contributed by atoms with Gasteiger partial charge < -0.3 is 21.3 Å². The lowest BCUT2D eigenvalue weighted by atomic mass is 9.92. The van der Waals surface area contributed by atoms with Crippen molar-refractivity contribution in [2.24, 2.45) is 5.92 Å². The summed E-state index contributed by atoms with van der Waals surface area (Å²) >= 11 is 5.94. The predicted octanol–water partition coefficient (Wildman–Crippen LogP) is 2.97. The normalized spacial score (nSPS) is 17.8. The van der Waals surface area contributed by atoms with Gasteiger partial charge in [0.25, 0.3) is 23.6 Å². The van der Waals surface area contributed by atoms with Gasteiger partial charge in [0.1, 0.15) is 5.82 Å². The van der Waals surface area contributed by atoms with Crippen LogP contribution in [0.25, 0.3) is 0 Å². The molecule has 1 aromatic carbocycles. The Hall–Kier alpha value is -4.14. The predicted molar refractivity (Wildman–Crippen MR) is 134 cm³/mol. The highest BCUT2D eigenvalue weighted by Gasteiger charge is 2.45. The number of benzene rings is 1. The molecule has 4 N–H and O–H groups in total. The van der Waals surface area contributed by atoms with Crippen LogP contribution in [0.2, 0.25) is 5.02 Å². The van der Waals surface area contributed by atoms with Gasteiger partial charge in [-0.15, -0.1) is 0 Å². The lowest BCUT2D eigenvalue weighted by Crippen LogP contribution is -2.48. The first-order valence-corrected chi connectivity index (χ1v) is 12.3. The molecule has 0 unspecified atom stereocenters. The van der Waals surface area contributed by atoms with Gasteiger partial charge >= 0.3 is 6.18 Å². The second kappa shape index (κ2) is 12.2. The fourth-order valence-electron chi connectivity index (χ4n) is 4.04. The summed E-state index contributed by atoms with van der Waals surface area (Å²) in [5, 5.41) is 8.54. The molecule has 0 aliphatic carbocycles. The number of halogens is 6. The van der Waals surface area contributed by atoms with E-state index in [0.29, 0.717) is 13.0 Å². The molecule has 3 atom stereocenters. The van der Waals surface area contributed by atoms with Crippen molar-refractivity contribution in [3.63, 3.8) is 0 Å². The zero-order valence-corrected chi connectivity index (χ0v) is 22.1. The van der Waals surface area contributed by atoms with E-state index in [1.54, 1.807) is 0 Å². The first-order chi connectivity index (χ1) is 19.0. The van der Waals surface area contributed by atoms with Crippen molar-refractivity contribution < 1.29 is 45.9 Å². The average molecular weight is 604 g/mol. The van der Waals surface area contributed by atoms with Gasteiger partial charge in [-0.25, -0.2) is 13.8 Å². The van der Waals surface area contributed by atoms with Crippen molar-refractivity contribution in [1.29, 1.82) is 0 Å². The third-order valence-corrected chi connectivity index (χ3v) is 6.40. The molecule has 1 aliphatic rings. The van der Waals surface area contributed by atoms with E-state index in [-0.39, 0.29) is 11.4 Å². The molecule has 1 aliphatic heterocycles. The first-order valence-electron chi connectivity index (χ1n) is 11.9. The number of likely N-dealkylation sites (N-methyl/N-ethyl adjacent to an activating group) is 1. The third-order valence-electron chi connectivity index (χ3n) is 6.20. The Morgan fingerprint density at radius 1 is 1.12 bits per heavy atom. The van der Waals surface area contributed by atoms with E-state index in [1.165, 1.54) is 0 Å². The number of aromatic nitrogens is 1. The van der Waals surface area contributed by atoms with Crippen molar-refractivity contribution in [2.45, 2.75) is 43.9 Å². The Bertz CT molecular complexity index is 1380. The molecule has 1 saturated heterocycles. The minimum absolute atomic E-state index is 0.107. The van der Waals surface area contributed by atoms with Crippen LogP contribution < -0.4 is 21.3 Å². The minimum atomic E-state index is -4.73. The number of hydrogen-bond acceptors (Lipinski definition) is 6. The Balaban J connectivity index is 1.87. The molecular weight excluding hydrogens is 581 g/mol. The molecule has 0 radical (unpaired) electrons. The van der Waals surface area contributed by atoms with Gasteiger partial charge in [0.2, 0.25) is 11.7 Å². The molecule has 220 valence electrons. The second-order valence-electron chi connectivity index (χ2n) is 9.24. The van der Waals surface area contributed by atoms with Gasteiger partial charge in [0.05, 0.1) is 28.2 Å². The molecule has 3 rings (SSSR count). The maximum Gasteiger partial charge on any atom is 0.416 e. The maximum atomic E-state index is 13.7. The zero-order chi connectivity index (χ0) is 30.7. The van der Waals surface area contributed by atoms with E-state index < -0.39 is 88.4 Å². The zero-order valence-electron chi connectivity index (χ0n) is 21.4. The lowest BCUT2D eigenvalue weighted by Gasteiger charge is -2.21. The highest BCUT2D eigenvalue weighted by Crippen LogP contribution is 2.31. The fourth-order valence-corrected chi connectivity index (χ4v) is 4.20. The summed E-state index contributed by atoms with van der Waals surface area (Å²) in [5.41, 5.74) is -1.95. The van der Waals surface area contributed by atoms with E-state index in [4.69, 9.17) is 11.6 Å². The van der Waals surface area contributed by atoms with Crippen LogP contribution >= 0.6 is 11.6 Å². The largest absolute Gasteiger partial charge is 0.416 e. The maximum absolute atomic E-state index is 13.7. The van der Waals surface area contributed by atoms with E-state index in [9.17, 15) is 45.9 Å². The van der Waals surface area contributed by atoms with Crippen molar-refractivity contribution in [3.8, 4) is 0 Å². The first kappa shape index (κ1) is 31.4. The highest BCUT2D eigenvalue weighted by atomic mass is 35.5. The average Bonchev–Trinajstić information content (AvgIpc) is 3.28. The number of carbonyl (C=O) groups is 5. The Labute approximate surface area is 234 Å². The van der Waals surface area contributed by atoms with Crippen LogP contribution in [0.4, 0.5) is 27.8 Å². The van der Waals surface area contributed by atoms with E-state index >= 15 is 0 Å². The van der Waals surface area contributed by atoms with Gasteiger partial charge in [-0.3, -0.25) is 24.0 Å². The molecular formula is C25H23ClF5N5O5. The van der Waals surface area contributed by atoms with Crippen LogP contribution in [0.1, 0.15) is 46.0 Å². The summed E-state index contributed by atoms with van der Waals surface area (Å²) in [6, 6.07) is 1.28. The van der Waals surface area contributed by atoms with Crippen LogP contribution in [-0.4, -0.2) is 59.4 Å². The van der Waals surface area contributed by atoms with Gasteiger partial charge in [-0.05, 0) is 37.1 Å². The number of alkyl halides is 5. The van der Waals surface area contributed by atoms with E-state index in [2.05, 4.69) is 26.3 Å². The number of amides is 4. The number of Topliss-reactive ketones (excluding diaryl/α,β-unsaturated/α-hetero) is 1. The number of hydrogen-bond donors (Lipinski definition) is 4. The summed E-state index contributed by atoms with van der Waals surface area (Å²) in [6.45, 7) is 0.608. The van der Waals surface area contributed by atoms with Crippen molar-refractivity contribution in [1.82, 2.24) is 20.9 Å². The molecule has 1 aromatic heterocycles. The molecule has 0 saturated carbocycles. The van der Waals surface area contributed by atoms with Crippen molar-refractivity contribution >= 4 is 46.8 Å². The molecule has 1 fully saturated rings. The quantitative estimate of drug-likeness (QED) is 0.256. The second-order valence-corrected chi connectivity index (χ2v) is 9.67. The van der Waals surface area contributed by atoms with Gasteiger partial charge in [-0.2, -0.15) is 13.2 Å². The smallest absolute Gasteiger partial charge is 0.353 e. The number of nitrogens with zero attached hydrogens (tertiary/aromatic N) is 1. The molecule has 0 bridgehead atoms. The van der Waals surface area contributed by atoms with Crippen molar-refractivity contribution in [3.05, 3.63) is 58.2 Å². The molecule has 2 aromatic rings. The summed E-state index contributed by atoms with van der Waals surface area (Å²) in [5.74, 6) is -10.2. The molecule has 10 nitrogen and oxygen atoms in total. The number of nitrogens with one attached hydrogen (secondary N) is 4. The van der Waals surface area contributed by atoms with Gasteiger partial charge in [0.15, 0.2) is 0 Å². The standard InChI is InChI=1S/C25H23ClF5N5O5/c1-24(27,28)17-8-12(21(39)35-17)7-16(18(37)23(41)32-2)34-22(40)15-9-14(26)10-33-19(15)36-20(38)11-4-3-5-13(6-11)25(29,30)31/h3-6,9-10,12,16-17H,7-8H2,1-2H3,(H,32,41)(H,34,40)(H,35,39)(H,33,36,38)/t12-,16+,17+/m1/s1. The summed E-state index contributed by atoms with van der Waals surface area (Å²) < 4.78 is 66.7. The molecule has 4 amide bonds. The molecule has 41 heavy (non-hydrogen) atoms. The molecule has 0 spiro atoms. The SMILES string of the molecule is CNC(=O)C(=O)[C@H](C[C@@H]1C[C@@H](C(C)(F)F)NC1=O)NC(=O)c1cc(Cl)cnc1NC(=O)c1cccc(C(F)(F)F)c1. The fraction of sp³-hybridized carbons (Fsp3) is 0.360. The number of anilines is 1. The van der Waals surface area contributed by atoms with Crippen LogP contribution in [0, 0.1) is 5.92 Å². The number of carbonyl (C=O) groups excluding carboxylic acids is 5. The minimum Gasteiger partial charge on any atom is -0.353 e. The number of pyridine rings is 1. The summed E-state index contributed by atoms with van der Waals surface area (Å²) in [4.78, 5) is 66.8. The van der Waals surface area contributed by atoms with Crippen LogP contribution in [-0.2, 0) is 20.6 Å². The Morgan fingerprint density at radius 3 is 2.39 bits per heavy atom. The number of rotatable bonds is 9. The lowest BCUT2D eigenvalue weighted by molar-refractivity contribution is -0.139. The van der Waals surface area contributed by atoms with Crippen LogP contribution in [0.15, 0.2) is 36.5 Å². The molecule has 2 heterocycles. The Morgan fingerprint density at radius 2 is 1.80 bits per heavy atom. The highest BCUT2D eigenvalue weighted by molar-refractivity contribution is 6.38. The topological polar surface area (TPSA) is 146 Å². The van der Waals surface area contributed by atoms with Gasteiger partial charge in [0, 0.05) is 31.6 Å². The summed E-state index contributed by atoms with van der Waals surface area (Å²) in [7, 11) is 1.14. The monoisotopic (exact) mass is 603 g/mol. The van der Waals surface area contributed by atoms with Crippen LogP contribution in [0.5, 0.6) is 0 Å². The summed E-state index contributed by atoms with van der Waals surface area (Å²) in [6.07, 6.45) is -4.60. The van der Waals surface area contributed by atoms with E-state index in [0.717, 1.165) is 37.5 Å². The Kier molecular flexibility index (Phi) is 9.31.